The SMILES string of the molecule is Cc1cnc(C(C)NC(=O)c2cccnc2F)o1. The number of hydrogen-bond acceptors (Lipinski definition) is 4. The third-order valence-electron chi connectivity index (χ3n) is 2.36. The van der Waals surface area contributed by atoms with Gasteiger partial charge in [-0.25, -0.2) is 9.97 Å². The number of nitrogens with one attached hydrogen (secondary N) is 1. The Morgan fingerprint density at radius 3 is 2.89 bits per heavy atom. The molecule has 0 aliphatic heterocycles. The van der Waals surface area contributed by atoms with E-state index in [1.807, 2.05) is 0 Å². The van der Waals surface area contributed by atoms with Crippen LogP contribution in [0.25, 0.3) is 0 Å². The highest BCUT2D eigenvalue weighted by Crippen LogP contribution is 2.13. The van der Waals surface area contributed by atoms with Gasteiger partial charge in [0.2, 0.25) is 11.8 Å². The molecule has 0 aliphatic carbocycles. The largest absolute Gasteiger partial charge is 0.444 e. The molecule has 0 aliphatic rings. The number of aromatic nitrogens is 2. The van der Waals surface area contributed by atoms with Crippen LogP contribution in [-0.4, -0.2) is 15.9 Å². The molecule has 0 fully saturated rings. The molecule has 94 valence electrons. The van der Waals surface area contributed by atoms with Crippen LogP contribution in [-0.2, 0) is 0 Å². The second kappa shape index (κ2) is 4.95. The number of nitrogens with zero attached hydrogens (tertiary/aromatic N) is 2. The monoisotopic (exact) mass is 249 g/mol. The summed E-state index contributed by atoms with van der Waals surface area (Å²) in [5.74, 6) is -0.321. The lowest BCUT2D eigenvalue weighted by Crippen LogP contribution is -2.27. The van der Waals surface area contributed by atoms with Crippen molar-refractivity contribution >= 4 is 5.91 Å². The molecule has 2 aromatic rings. The molecule has 1 N–H and O–H groups in total. The van der Waals surface area contributed by atoms with Crippen LogP contribution in [0.5, 0.6) is 0 Å². The minimum absolute atomic E-state index is 0.104. The maximum Gasteiger partial charge on any atom is 0.256 e. The number of halogens is 1. The molecule has 2 heterocycles. The van der Waals surface area contributed by atoms with Crippen LogP contribution in [0.1, 0.15) is 35.0 Å². The first-order chi connectivity index (χ1) is 8.58. The third kappa shape index (κ3) is 2.53. The van der Waals surface area contributed by atoms with E-state index in [2.05, 4.69) is 15.3 Å². The number of carbonyl (C=O) groups is 1. The van der Waals surface area contributed by atoms with Crippen LogP contribution < -0.4 is 5.32 Å². The van der Waals surface area contributed by atoms with Crippen molar-refractivity contribution in [3.63, 3.8) is 0 Å². The van der Waals surface area contributed by atoms with Crippen molar-refractivity contribution in [3.8, 4) is 0 Å². The van der Waals surface area contributed by atoms with Gasteiger partial charge in [0, 0.05) is 6.20 Å². The Hall–Kier alpha value is -2.24. The predicted octanol–water partition coefficient (Wildman–Crippen LogP) is 2.01. The van der Waals surface area contributed by atoms with Crippen molar-refractivity contribution in [3.05, 3.63) is 47.7 Å². The van der Waals surface area contributed by atoms with Crippen molar-refractivity contribution in [1.29, 1.82) is 0 Å². The van der Waals surface area contributed by atoms with Gasteiger partial charge in [-0.2, -0.15) is 4.39 Å². The standard InChI is InChI=1S/C12H12FN3O2/c1-7-6-15-12(18-7)8(2)16-11(17)9-4-3-5-14-10(9)13/h3-6,8H,1-2H3,(H,16,17). The maximum absolute atomic E-state index is 13.3. The van der Waals surface area contributed by atoms with Gasteiger partial charge in [0.25, 0.3) is 5.91 Å². The molecule has 2 rings (SSSR count). The van der Waals surface area contributed by atoms with E-state index in [4.69, 9.17) is 4.42 Å². The summed E-state index contributed by atoms with van der Waals surface area (Å²) in [6.07, 6.45) is 2.84. The first-order valence-electron chi connectivity index (χ1n) is 5.41. The van der Waals surface area contributed by atoms with Crippen molar-refractivity contribution in [1.82, 2.24) is 15.3 Å². The Balaban J connectivity index is 2.10. The predicted molar refractivity (Wildman–Crippen MR) is 61.3 cm³/mol. The van der Waals surface area contributed by atoms with Crippen molar-refractivity contribution in [2.24, 2.45) is 0 Å². The Kier molecular flexibility index (Phi) is 3.36. The van der Waals surface area contributed by atoms with Gasteiger partial charge in [-0.15, -0.1) is 0 Å². The molecule has 1 unspecified atom stereocenters. The van der Waals surface area contributed by atoms with Crippen LogP contribution in [0, 0.1) is 12.9 Å². The first-order valence-corrected chi connectivity index (χ1v) is 5.41. The van der Waals surface area contributed by atoms with Gasteiger partial charge in [-0.1, -0.05) is 0 Å². The summed E-state index contributed by atoms with van der Waals surface area (Å²) in [6, 6.07) is 2.43. The number of aryl methyl sites for hydroxylation is 1. The zero-order chi connectivity index (χ0) is 13.1. The molecule has 6 heteroatoms. The molecule has 0 saturated carbocycles. The summed E-state index contributed by atoms with van der Waals surface area (Å²) in [6.45, 7) is 3.46. The molecular formula is C12H12FN3O2. The summed E-state index contributed by atoms with van der Waals surface area (Å²) in [5.41, 5.74) is -0.104. The van der Waals surface area contributed by atoms with E-state index in [0.29, 0.717) is 11.7 Å². The summed E-state index contributed by atoms with van der Waals surface area (Å²) in [4.78, 5) is 19.2. The number of amides is 1. The van der Waals surface area contributed by atoms with Crippen LogP contribution >= 0.6 is 0 Å². The molecule has 0 spiro atoms. The first kappa shape index (κ1) is 12.2. The van der Waals surface area contributed by atoms with E-state index in [-0.39, 0.29) is 5.56 Å². The summed E-state index contributed by atoms with van der Waals surface area (Å²) in [7, 11) is 0. The molecular weight excluding hydrogens is 237 g/mol. The van der Waals surface area contributed by atoms with E-state index < -0.39 is 17.9 Å². The van der Waals surface area contributed by atoms with Gasteiger partial charge < -0.3 is 9.73 Å². The molecule has 1 amide bonds. The Morgan fingerprint density at radius 2 is 2.28 bits per heavy atom. The highest BCUT2D eigenvalue weighted by molar-refractivity contribution is 5.94. The third-order valence-corrected chi connectivity index (χ3v) is 2.36. The fourth-order valence-electron chi connectivity index (χ4n) is 1.46. The minimum atomic E-state index is -0.800. The highest BCUT2D eigenvalue weighted by Gasteiger charge is 2.18. The topological polar surface area (TPSA) is 68.0 Å². The van der Waals surface area contributed by atoms with Gasteiger partial charge in [-0.3, -0.25) is 4.79 Å². The Labute approximate surface area is 103 Å². The quantitative estimate of drug-likeness (QED) is 0.845. The second-order valence-electron chi connectivity index (χ2n) is 3.85. The summed E-state index contributed by atoms with van der Waals surface area (Å²) >= 11 is 0. The molecule has 1 atom stereocenters. The highest BCUT2D eigenvalue weighted by atomic mass is 19.1. The second-order valence-corrected chi connectivity index (χ2v) is 3.85. The smallest absolute Gasteiger partial charge is 0.256 e. The summed E-state index contributed by atoms with van der Waals surface area (Å²) < 4.78 is 18.6. The molecule has 0 radical (unpaired) electrons. The number of carbonyl (C=O) groups excluding carboxylic acids is 1. The number of oxazole rings is 1. The molecule has 18 heavy (non-hydrogen) atoms. The van der Waals surface area contributed by atoms with Crippen LogP contribution in [0.3, 0.4) is 0 Å². The van der Waals surface area contributed by atoms with Crippen LogP contribution in [0.2, 0.25) is 0 Å². The Bertz CT molecular complexity index is 568. The number of pyridine rings is 1. The van der Waals surface area contributed by atoms with Gasteiger partial charge in [0.15, 0.2) is 0 Å². The van der Waals surface area contributed by atoms with Gasteiger partial charge in [0.05, 0.1) is 11.8 Å². The minimum Gasteiger partial charge on any atom is -0.444 e. The molecule has 0 aromatic carbocycles. The molecule has 2 aromatic heterocycles. The fraction of sp³-hybridized carbons (Fsp3) is 0.250. The van der Waals surface area contributed by atoms with E-state index in [1.54, 1.807) is 20.0 Å². The van der Waals surface area contributed by atoms with Gasteiger partial charge >= 0.3 is 0 Å². The lowest BCUT2D eigenvalue weighted by Gasteiger charge is -2.10. The van der Waals surface area contributed by atoms with Crippen LogP contribution in [0.15, 0.2) is 28.9 Å². The van der Waals surface area contributed by atoms with Gasteiger partial charge in [-0.05, 0) is 26.0 Å². The van der Waals surface area contributed by atoms with Crippen molar-refractivity contribution < 1.29 is 13.6 Å². The van der Waals surface area contributed by atoms with E-state index in [9.17, 15) is 9.18 Å². The van der Waals surface area contributed by atoms with Crippen molar-refractivity contribution in [2.45, 2.75) is 19.9 Å². The number of hydrogen-bond donors (Lipinski definition) is 1. The van der Waals surface area contributed by atoms with E-state index >= 15 is 0 Å². The fourth-order valence-corrected chi connectivity index (χ4v) is 1.46. The average molecular weight is 249 g/mol. The molecule has 5 nitrogen and oxygen atoms in total. The lowest BCUT2D eigenvalue weighted by atomic mass is 10.2. The van der Waals surface area contributed by atoms with Crippen molar-refractivity contribution in [2.75, 3.05) is 0 Å². The lowest BCUT2D eigenvalue weighted by molar-refractivity contribution is 0.0929. The van der Waals surface area contributed by atoms with Gasteiger partial charge in [0.1, 0.15) is 11.8 Å². The zero-order valence-corrected chi connectivity index (χ0v) is 9.98. The Morgan fingerprint density at radius 1 is 1.50 bits per heavy atom. The normalized spacial score (nSPS) is 12.2. The summed E-state index contributed by atoms with van der Waals surface area (Å²) in [5, 5.41) is 2.59. The van der Waals surface area contributed by atoms with E-state index in [0.717, 1.165) is 0 Å². The average Bonchev–Trinajstić information content (AvgIpc) is 2.76. The van der Waals surface area contributed by atoms with E-state index in [1.165, 1.54) is 18.3 Å². The maximum atomic E-state index is 13.3. The zero-order valence-electron chi connectivity index (χ0n) is 9.98. The van der Waals surface area contributed by atoms with Crippen LogP contribution in [0.4, 0.5) is 4.39 Å². The molecule has 0 saturated heterocycles. The number of rotatable bonds is 3. The molecule has 0 bridgehead atoms.